The third kappa shape index (κ3) is 1.50. The highest BCUT2D eigenvalue weighted by Crippen LogP contribution is 2.39. The lowest BCUT2D eigenvalue weighted by atomic mass is 10.2. The van der Waals surface area contributed by atoms with E-state index >= 15 is 0 Å². The molecule has 16 heavy (non-hydrogen) atoms. The number of pyridine rings is 1. The average Bonchev–Trinajstić information content (AvgIpc) is 2.98. The molecule has 0 N–H and O–H groups in total. The maximum Gasteiger partial charge on any atom is 0.161 e. The van der Waals surface area contributed by atoms with Gasteiger partial charge in [0, 0.05) is 18.0 Å². The summed E-state index contributed by atoms with van der Waals surface area (Å²) in [5.74, 6) is 1.73. The monoisotopic (exact) mass is 215 g/mol. The van der Waals surface area contributed by atoms with E-state index < -0.39 is 0 Å². The van der Waals surface area contributed by atoms with Crippen LogP contribution in [-0.2, 0) is 11.2 Å². The molecule has 0 unspecified atom stereocenters. The third-order valence-electron chi connectivity index (χ3n) is 2.91. The molecular formula is C12H13N3O. The van der Waals surface area contributed by atoms with E-state index in [-0.39, 0.29) is 5.78 Å². The molecule has 0 aliphatic heterocycles. The molecule has 0 saturated heterocycles. The molecule has 2 heterocycles. The maximum absolute atomic E-state index is 11.2. The summed E-state index contributed by atoms with van der Waals surface area (Å²) < 4.78 is 2.04. The summed E-state index contributed by atoms with van der Waals surface area (Å²) in [6.45, 7) is 1.61. The Balaban J connectivity index is 2.17. The van der Waals surface area contributed by atoms with Gasteiger partial charge in [0.25, 0.3) is 0 Å². The Morgan fingerprint density at radius 2 is 2.25 bits per heavy atom. The molecule has 2 aromatic rings. The van der Waals surface area contributed by atoms with E-state index in [1.807, 2.05) is 22.6 Å². The van der Waals surface area contributed by atoms with Crippen LogP contribution in [0.5, 0.6) is 0 Å². The number of fused-ring (bicyclic) bond motifs is 1. The third-order valence-corrected chi connectivity index (χ3v) is 2.91. The predicted octanol–water partition coefficient (Wildman–Crippen LogP) is 1.74. The fraction of sp³-hybridized carbons (Fsp3) is 0.417. The molecule has 2 aromatic heterocycles. The minimum absolute atomic E-state index is 0.169. The summed E-state index contributed by atoms with van der Waals surface area (Å²) in [4.78, 5) is 11.2. The quantitative estimate of drug-likeness (QED) is 0.783. The molecular weight excluding hydrogens is 202 g/mol. The standard InChI is InChI=1S/C12H13N3O/c1-8(16)7-10-3-2-4-11-13-14-12(15(10)11)9-5-6-9/h2-4,9H,5-7H2,1H3. The topological polar surface area (TPSA) is 47.3 Å². The predicted molar refractivity (Wildman–Crippen MR) is 59.3 cm³/mol. The highest BCUT2D eigenvalue weighted by Gasteiger charge is 2.29. The number of carbonyl (C=O) groups is 1. The highest BCUT2D eigenvalue weighted by molar-refractivity contribution is 5.78. The second-order valence-corrected chi connectivity index (χ2v) is 4.42. The first kappa shape index (κ1) is 9.51. The van der Waals surface area contributed by atoms with Crippen molar-refractivity contribution in [3.8, 4) is 0 Å². The molecule has 1 saturated carbocycles. The molecule has 0 radical (unpaired) electrons. The first-order chi connectivity index (χ1) is 7.75. The molecule has 0 bridgehead atoms. The number of ketones is 1. The normalized spacial score (nSPS) is 15.6. The van der Waals surface area contributed by atoms with Gasteiger partial charge in [-0.15, -0.1) is 10.2 Å². The Kier molecular flexibility index (Phi) is 2.02. The van der Waals surface area contributed by atoms with Crippen LogP contribution in [0, 0.1) is 0 Å². The lowest BCUT2D eigenvalue weighted by Crippen LogP contribution is -2.05. The van der Waals surface area contributed by atoms with Crippen molar-refractivity contribution in [3.05, 3.63) is 29.7 Å². The molecule has 0 atom stereocenters. The molecule has 82 valence electrons. The largest absolute Gasteiger partial charge is 0.300 e. The SMILES string of the molecule is CC(=O)Cc1cccc2nnc(C3CC3)n12. The summed E-state index contributed by atoms with van der Waals surface area (Å²) >= 11 is 0. The van der Waals surface area contributed by atoms with E-state index in [0.717, 1.165) is 17.2 Å². The summed E-state index contributed by atoms with van der Waals surface area (Å²) in [5, 5.41) is 8.38. The van der Waals surface area contributed by atoms with Gasteiger partial charge in [0.05, 0.1) is 0 Å². The number of aromatic nitrogens is 3. The molecule has 1 fully saturated rings. The van der Waals surface area contributed by atoms with Crippen LogP contribution in [0.25, 0.3) is 5.65 Å². The van der Waals surface area contributed by atoms with Crippen molar-refractivity contribution < 1.29 is 4.79 Å². The number of rotatable bonds is 3. The van der Waals surface area contributed by atoms with E-state index in [0.29, 0.717) is 12.3 Å². The summed E-state index contributed by atoms with van der Waals surface area (Å²) in [6, 6.07) is 5.84. The number of hydrogen-bond donors (Lipinski definition) is 0. The molecule has 4 heteroatoms. The average molecular weight is 215 g/mol. The van der Waals surface area contributed by atoms with Gasteiger partial charge in [-0.2, -0.15) is 0 Å². The van der Waals surface area contributed by atoms with Crippen molar-refractivity contribution in [2.24, 2.45) is 0 Å². The van der Waals surface area contributed by atoms with Gasteiger partial charge in [0.15, 0.2) is 5.65 Å². The minimum Gasteiger partial charge on any atom is -0.300 e. The van der Waals surface area contributed by atoms with Crippen molar-refractivity contribution in [2.45, 2.75) is 32.1 Å². The Labute approximate surface area is 93.3 Å². The van der Waals surface area contributed by atoms with Gasteiger partial charge in [-0.05, 0) is 31.9 Å². The van der Waals surface area contributed by atoms with E-state index in [2.05, 4.69) is 10.2 Å². The van der Waals surface area contributed by atoms with Crippen LogP contribution in [0.15, 0.2) is 18.2 Å². The van der Waals surface area contributed by atoms with Crippen LogP contribution in [-0.4, -0.2) is 20.4 Å². The summed E-state index contributed by atoms with van der Waals surface area (Å²) in [7, 11) is 0. The number of nitrogens with zero attached hydrogens (tertiary/aromatic N) is 3. The smallest absolute Gasteiger partial charge is 0.161 e. The first-order valence-electron chi connectivity index (χ1n) is 5.58. The van der Waals surface area contributed by atoms with Gasteiger partial charge < -0.3 is 0 Å². The second-order valence-electron chi connectivity index (χ2n) is 4.42. The molecule has 3 rings (SSSR count). The Bertz CT molecular complexity index is 554. The van der Waals surface area contributed by atoms with Crippen LogP contribution < -0.4 is 0 Å². The summed E-state index contributed by atoms with van der Waals surface area (Å²) in [6.07, 6.45) is 2.83. The molecule has 0 aromatic carbocycles. The Morgan fingerprint density at radius 3 is 2.94 bits per heavy atom. The van der Waals surface area contributed by atoms with E-state index in [4.69, 9.17) is 0 Å². The summed E-state index contributed by atoms with van der Waals surface area (Å²) in [5.41, 5.74) is 1.84. The zero-order valence-corrected chi connectivity index (χ0v) is 9.18. The molecule has 1 aliphatic carbocycles. The first-order valence-corrected chi connectivity index (χ1v) is 5.58. The number of Topliss-reactive ketones (excluding diaryl/α,β-unsaturated/α-hetero) is 1. The van der Waals surface area contributed by atoms with Crippen LogP contribution in [0.1, 0.15) is 37.2 Å². The van der Waals surface area contributed by atoms with Crippen molar-refractivity contribution in [3.63, 3.8) is 0 Å². The van der Waals surface area contributed by atoms with Crippen molar-refractivity contribution >= 4 is 11.4 Å². The highest BCUT2D eigenvalue weighted by atomic mass is 16.1. The number of hydrogen-bond acceptors (Lipinski definition) is 3. The Hall–Kier alpha value is -1.71. The van der Waals surface area contributed by atoms with E-state index in [9.17, 15) is 4.79 Å². The van der Waals surface area contributed by atoms with Crippen LogP contribution >= 0.6 is 0 Å². The van der Waals surface area contributed by atoms with Crippen molar-refractivity contribution in [2.75, 3.05) is 0 Å². The zero-order valence-electron chi connectivity index (χ0n) is 9.18. The van der Waals surface area contributed by atoms with Gasteiger partial charge in [0.2, 0.25) is 0 Å². The van der Waals surface area contributed by atoms with E-state index in [1.165, 1.54) is 12.8 Å². The molecule has 0 amide bonds. The van der Waals surface area contributed by atoms with Gasteiger partial charge >= 0.3 is 0 Å². The lowest BCUT2D eigenvalue weighted by molar-refractivity contribution is -0.116. The van der Waals surface area contributed by atoms with Crippen LogP contribution in [0.4, 0.5) is 0 Å². The van der Waals surface area contributed by atoms with Gasteiger partial charge in [-0.1, -0.05) is 6.07 Å². The van der Waals surface area contributed by atoms with Crippen molar-refractivity contribution in [1.29, 1.82) is 0 Å². The number of carbonyl (C=O) groups excluding carboxylic acids is 1. The zero-order chi connectivity index (χ0) is 11.1. The van der Waals surface area contributed by atoms with Crippen LogP contribution in [0.2, 0.25) is 0 Å². The molecule has 1 aliphatic rings. The lowest BCUT2D eigenvalue weighted by Gasteiger charge is -2.05. The molecule has 4 nitrogen and oxygen atoms in total. The van der Waals surface area contributed by atoms with E-state index in [1.54, 1.807) is 6.92 Å². The second kappa shape index (κ2) is 3.40. The minimum atomic E-state index is 0.169. The van der Waals surface area contributed by atoms with Gasteiger partial charge in [-0.3, -0.25) is 9.20 Å². The van der Waals surface area contributed by atoms with Gasteiger partial charge in [-0.25, -0.2) is 0 Å². The maximum atomic E-state index is 11.2. The fourth-order valence-corrected chi connectivity index (χ4v) is 2.03. The fourth-order valence-electron chi connectivity index (χ4n) is 2.03. The van der Waals surface area contributed by atoms with Crippen LogP contribution in [0.3, 0.4) is 0 Å². The molecule has 0 spiro atoms. The van der Waals surface area contributed by atoms with Gasteiger partial charge in [0.1, 0.15) is 11.6 Å². The van der Waals surface area contributed by atoms with Crippen molar-refractivity contribution in [1.82, 2.24) is 14.6 Å². The Morgan fingerprint density at radius 1 is 1.44 bits per heavy atom.